The molecule has 0 aromatic heterocycles. The van der Waals surface area contributed by atoms with E-state index < -0.39 is 0 Å². The molecule has 2 rings (SSSR count). The van der Waals surface area contributed by atoms with Gasteiger partial charge in [-0.2, -0.15) is 0 Å². The third-order valence-electron chi connectivity index (χ3n) is 3.46. The fraction of sp³-hybridized carbons (Fsp3) is 1.00. The van der Waals surface area contributed by atoms with Crippen molar-refractivity contribution in [3.05, 3.63) is 0 Å². The Labute approximate surface area is 63.4 Å². The van der Waals surface area contributed by atoms with E-state index in [0.29, 0.717) is 0 Å². The molecule has 2 fully saturated rings. The van der Waals surface area contributed by atoms with Crippen molar-refractivity contribution in [1.29, 1.82) is 0 Å². The van der Waals surface area contributed by atoms with Gasteiger partial charge in [0.2, 0.25) is 0 Å². The molecule has 0 spiro atoms. The molecule has 1 heteroatoms. The minimum absolute atomic E-state index is 0.929. The van der Waals surface area contributed by atoms with Gasteiger partial charge in [-0.25, -0.2) is 0 Å². The van der Waals surface area contributed by atoms with Gasteiger partial charge in [0.25, 0.3) is 0 Å². The molecule has 0 aromatic carbocycles. The molecular weight excluding hydrogens is 122 g/mol. The van der Waals surface area contributed by atoms with Crippen LogP contribution in [0.15, 0.2) is 0 Å². The molecule has 1 nitrogen and oxygen atoms in total. The summed E-state index contributed by atoms with van der Waals surface area (Å²) < 4.78 is 0. The molecule has 0 saturated carbocycles. The largest absolute Gasteiger partial charge is 0.291 e. The van der Waals surface area contributed by atoms with Gasteiger partial charge in [0.05, 0.1) is 0 Å². The molecule has 2 saturated heterocycles. The van der Waals surface area contributed by atoms with Crippen molar-refractivity contribution in [2.24, 2.45) is 11.8 Å². The average Bonchev–Trinajstić information content (AvgIpc) is 2.71. The van der Waals surface area contributed by atoms with Crippen LogP contribution in [-0.2, 0) is 0 Å². The molecule has 0 N–H and O–H groups in total. The summed E-state index contributed by atoms with van der Waals surface area (Å²) in [5.41, 5.74) is 0. The second kappa shape index (κ2) is 1.97. The van der Waals surface area contributed by atoms with E-state index in [1.54, 1.807) is 0 Å². The van der Waals surface area contributed by atoms with Gasteiger partial charge in [-0.05, 0) is 11.8 Å². The average molecular weight is 139 g/mol. The number of hydrogen-bond donors (Lipinski definition) is 0. The van der Waals surface area contributed by atoms with Crippen LogP contribution in [-0.4, -0.2) is 23.5 Å². The van der Waals surface area contributed by atoms with E-state index in [1.165, 1.54) is 13.0 Å². The second-order valence-corrected chi connectivity index (χ2v) is 4.00. The molecule has 2 aliphatic heterocycles. The number of nitrogens with zero attached hydrogens (tertiary/aromatic N) is 1. The summed E-state index contributed by atoms with van der Waals surface area (Å²) in [6.45, 7) is 8.49. The molecule has 5 unspecified atom stereocenters. The maximum atomic E-state index is 2.59. The normalized spacial score (nSPS) is 47.7. The maximum Gasteiger partial charge on any atom is 0.0386 e. The highest BCUT2D eigenvalue weighted by Crippen LogP contribution is 2.49. The van der Waals surface area contributed by atoms with E-state index in [9.17, 15) is 0 Å². The zero-order valence-corrected chi connectivity index (χ0v) is 7.17. The topological polar surface area (TPSA) is 3.01 Å². The van der Waals surface area contributed by atoms with Gasteiger partial charge in [0.15, 0.2) is 0 Å². The van der Waals surface area contributed by atoms with Crippen molar-refractivity contribution < 1.29 is 0 Å². The first-order chi connectivity index (χ1) is 4.75. The van der Waals surface area contributed by atoms with Crippen LogP contribution in [0.3, 0.4) is 0 Å². The lowest BCUT2D eigenvalue weighted by Crippen LogP contribution is -2.22. The van der Waals surface area contributed by atoms with Crippen LogP contribution in [0.2, 0.25) is 0 Å². The fourth-order valence-corrected chi connectivity index (χ4v) is 1.98. The van der Waals surface area contributed by atoms with E-state index >= 15 is 0 Å². The second-order valence-electron chi connectivity index (χ2n) is 4.00. The first-order valence-electron chi connectivity index (χ1n) is 4.51. The first kappa shape index (κ1) is 6.66. The van der Waals surface area contributed by atoms with Gasteiger partial charge in [0.1, 0.15) is 0 Å². The Morgan fingerprint density at radius 2 is 2.10 bits per heavy atom. The Kier molecular flexibility index (Phi) is 1.31. The third kappa shape index (κ3) is 0.800. The van der Waals surface area contributed by atoms with Crippen molar-refractivity contribution in [3.63, 3.8) is 0 Å². The van der Waals surface area contributed by atoms with Crippen molar-refractivity contribution in [1.82, 2.24) is 4.90 Å². The van der Waals surface area contributed by atoms with Crippen molar-refractivity contribution in [2.45, 2.75) is 39.3 Å². The Morgan fingerprint density at radius 1 is 1.50 bits per heavy atom. The van der Waals surface area contributed by atoms with Crippen molar-refractivity contribution in [2.75, 3.05) is 6.54 Å². The summed E-state index contributed by atoms with van der Waals surface area (Å²) in [4.78, 5) is 2.59. The van der Waals surface area contributed by atoms with Crippen molar-refractivity contribution in [3.8, 4) is 0 Å². The van der Waals surface area contributed by atoms with Gasteiger partial charge >= 0.3 is 0 Å². The Balaban J connectivity index is 1.81. The fourth-order valence-electron chi connectivity index (χ4n) is 1.98. The zero-order chi connectivity index (χ0) is 7.30. The van der Waals surface area contributed by atoms with E-state index in [2.05, 4.69) is 25.7 Å². The molecule has 2 aliphatic rings. The van der Waals surface area contributed by atoms with Crippen LogP contribution in [0.25, 0.3) is 0 Å². The summed E-state index contributed by atoms with van der Waals surface area (Å²) in [7, 11) is 0. The van der Waals surface area contributed by atoms with Gasteiger partial charge in [-0.3, -0.25) is 4.90 Å². The summed E-state index contributed by atoms with van der Waals surface area (Å²) >= 11 is 0. The first-order valence-corrected chi connectivity index (χ1v) is 4.51. The predicted molar refractivity (Wildman–Crippen MR) is 42.9 cm³/mol. The summed E-state index contributed by atoms with van der Waals surface area (Å²) in [6, 6.07) is 2.03. The Hall–Kier alpha value is -0.0400. The Morgan fingerprint density at radius 3 is 2.40 bits per heavy atom. The van der Waals surface area contributed by atoms with Gasteiger partial charge in [0, 0.05) is 18.6 Å². The summed E-state index contributed by atoms with van der Waals surface area (Å²) in [6.07, 6.45) is 1.35. The molecule has 5 atom stereocenters. The summed E-state index contributed by atoms with van der Waals surface area (Å²) in [5.74, 6) is 1.88. The van der Waals surface area contributed by atoms with E-state index in [1.807, 2.05) is 0 Å². The van der Waals surface area contributed by atoms with Crippen LogP contribution >= 0.6 is 0 Å². The molecule has 58 valence electrons. The number of fused-ring (bicyclic) bond motifs is 1. The highest BCUT2D eigenvalue weighted by atomic mass is 15.5. The van der Waals surface area contributed by atoms with Crippen LogP contribution in [0.1, 0.15) is 27.2 Å². The van der Waals surface area contributed by atoms with Crippen LogP contribution in [0.5, 0.6) is 0 Å². The number of rotatable bonds is 3. The lowest BCUT2D eigenvalue weighted by molar-refractivity contribution is 0.321. The predicted octanol–water partition coefficient (Wildman–Crippen LogP) is 1.74. The third-order valence-corrected chi connectivity index (χ3v) is 3.46. The van der Waals surface area contributed by atoms with Crippen LogP contribution in [0.4, 0.5) is 0 Å². The molecule has 0 aliphatic carbocycles. The summed E-state index contributed by atoms with van der Waals surface area (Å²) in [5, 5.41) is 0. The SMILES string of the molecule is CCC(C)C(C)C1C2CN21. The van der Waals surface area contributed by atoms with E-state index in [4.69, 9.17) is 0 Å². The molecule has 2 heterocycles. The zero-order valence-electron chi connectivity index (χ0n) is 7.17. The maximum absolute atomic E-state index is 2.59. The monoisotopic (exact) mass is 139 g/mol. The lowest BCUT2D eigenvalue weighted by Gasteiger charge is -2.19. The van der Waals surface area contributed by atoms with Crippen LogP contribution < -0.4 is 0 Å². The van der Waals surface area contributed by atoms with Gasteiger partial charge < -0.3 is 0 Å². The van der Waals surface area contributed by atoms with Gasteiger partial charge in [-0.1, -0.05) is 27.2 Å². The number of hydrogen-bond acceptors (Lipinski definition) is 1. The van der Waals surface area contributed by atoms with Gasteiger partial charge in [-0.15, -0.1) is 0 Å². The molecule has 0 bridgehead atoms. The molecular formula is C9H17N. The minimum Gasteiger partial charge on any atom is -0.291 e. The molecule has 0 radical (unpaired) electrons. The van der Waals surface area contributed by atoms with E-state index in [-0.39, 0.29) is 0 Å². The quantitative estimate of drug-likeness (QED) is 0.538. The highest BCUT2D eigenvalue weighted by molar-refractivity contribution is 5.20. The smallest absolute Gasteiger partial charge is 0.0386 e. The molecule has 0 amide bonds. The minimum atomic E-state index is 0.929. The van der Waals surface area contributed by atoms with Crippen LogP contribution in [0, 0.1) is 11.8 Å². The standard InChI is InChI=1S/C9H17N/c1-4-6(2)7(3)9-8-5-10(8)9/h6-9H,4-5H2,1-3H3. The van der Waals surface area contributed by atoms with E-state index in [0.717, 1.165) is 23.9 Å². The Bertz CT molecular complexity index is 134. The van der Waals surface area contributed by atoms with Crippen molar-refractivity contribution >= 4 is 0 Å². The lowest BCUT2D eigenvalue weighted by atomic mass is 9.88. The molecule has 0 aromatic rings. The molecule has 10 heavy (non-hydrogen) atoms. The highest BCUT2D eigenvalue weighted by Gasteiger charge is 2.63.